The molecule has 0 amide bonds. The van der Waals surface area contributed by atoms with Crippen LogP contribution >= 0.6 is 15.9 Å². The van der Waals surface area contributed by atoms with E-state index < -0.39 is 5.97 Å². The minimum Gasteiger partial charge on any atom is -0.465 e. The first kappa shape index (κ1) is 14.9. The number of Topliss-reactive ketones (excluding diaryl/α,β-unsaturated/α-hetero) is 1. The Morgan fingerprint density at radius 3 is 2.90 bits per heavy atom. The molecule has 1 unspecified atom stereocenters. The summed E-state index contributed by atoms with van der Waals surface area (Å²) in [5.74, 6) is 0.107. The van der Waals surface area contributed by atoms with E-state index in [0.29, 0.717) is 34.5 Å². The number of methoxy groups -OCH3 is 1. The fourth-order valence-electron chi connectivity index (χ4n) is 2.19. The molecule has 1 aromatic rings. The topological polar surface area (TPSA) is 55.7 Å². The van der Waals surface area contributed by atoms with Crippen molar-refractivity contribution in [3.05, 3.63) is 28.2 Å². The number of aliphatic imine (C=N–C) groups is 1. The highest BCUT2D eigenvalue weighted by atomic mass is 79.9. The fourth-order valence-corrected chi connectivity index (χ4v) is 2.70. The molecule has 106 valence electrons. The van der Waals surface area contributed by atoms with Crippen LogP contribution in [0.25, 0.3) is 0 Å². The van der Waals surface area contributed by atoms with Crippen LogP contribution in [-0.2, 0) is 9.53 Å². The van der Waals surface area contributed by atoms with Gasteiger partial charge in [0.25, 0.3) is 0 Å². The maximum Gasteiger partial charge on any atom is 0.339 e. The molecule has 0 heterocycles. The normalized spacial score (nSPS) is 21.1. The van der Waals surface area contributed by atoms with Crippen LogP contribution in [0.3, 0.4) is 0 Å². The van der Waals surface area contributed by atoms with Crippen molar-refractivity contribution in [2.75, 3.05) is 7.11 Å². The Morgan fingerprint density at radius 1 is 1.45 bits per heavy atom. The van der Waals surface area contributed by atoms with Crippen molar-refractivity contribution < 1.29 is 14.3 Å². The number of benzene rings is 1. The number of esters is 1. The van der Waals surface area contributed by atoms with Crippen LogP contribution in [0.5, 0.6) is 0 Å². The average Bonchev–Trinajstić information content (AvgIpc) is 2.44. The van der Waals surface area contributed by atoms with Gasteiger partial charge in [0.15, 0.2) is 0 Å². The Kier molecular flexibility index (Phi) is 4.70. The zero-order valence-corrected chi connectivity index (χ0v) is 13.1. The summed E-state index contributed by atoms with van der Waals surface area (Å²) in [6.07, 6.45) is 1.87. The van der Waals surface area contributed by atoms with E-state index in [4.69, 9.17) is 4.74 Å². The lowest BCUT2D eigenvalue weighted by molar-refractivity contribution is -0.118. The van der Waals surface area contributed by atoms with Crippen LogP contribution in [0.1, 0.15) is 36.5 Å². The molecule has 0 aromatic heterocycles. The second-order valence-electron chi connectivity index (χ2n) is 4.89. The predicted molar refractivity (Wildman–Crippen MR) is 80.6 cm³/mol. The zero-order chi connectivity index (χ0) is 14.7. The molecule has 5 heteroatoms. The van der Waals surface area contributed by atoms with Crippen LogP contribution < -0.4 is 0 Å². The van der Waals surface area contributed by atoms with Crippen LogP contribution in [-0.4, -0.2) is 24.6 Å². The molecule has 0 radical (unpaired) electrons. The molecule has 1 aliphatic carbocycles. The largest absolute Gasteiger partial charge is 0.465 e. The van der Waals surface area contributed by atoms with Gasteiger partial charge >= 0.3 is 5.97 Å². The van der Waals surface area contributed by atoms with Crippen LogP contribution in [0.4, 0.5) is 5.69 Å². The summed E-state index contributed by atoms with van der Waals surface area (Å²) in [4.78, 5) is 27.8. The summed E-state index contributed by atoms with van der Waals surface area (Å²) in [5, 5.41) is 0. The van der Waals surface area contributed by atoms with Gasteiger partial charge in [0.05, 0.1) is 22.8 Å². The molecular weight excluding hydrogens is 322 g/mol. The van der Waals surface area contributed by atoms with E-state index in [-0.39, 0.29) is 5.78 Å². The molecule has 1 saturated carbocycles. The molecule has 1 aliphatic rings. The molecule has 1 fully saturated rings. The van der Waals surface area contributed by atoms with Crippen molar-refractivity contribution in [1.29, 1.82) is 0 Å². The maximum atomic E-state index is 11.6. The number of carbonyl (C=O) groups is 2. The lowest BCUT2D eigenvalue weighted by atomic mass is 9.88. The number of hydrogen-bond donors (Lipinski definition) is 0. The summed E-state index contributed by atoms with van der Waals surface area (Å²) >= 11 is 3.39. The zero-order valence-electron chi connectivity index (χ0n) is 11.5. The maximum absolute atomic E-state index is 11.6. The van der Waals surface area contributed by atoms with Crippen molar-refractivity contribution in [1.82, 2.24) is 0 Å². The summed E-state index contributed by atoms with van der Waals surface area (Å²) in [7, 11) is 1.34. The molecule has 0 N–H and O–H groups in total. The van der Waals surface area contributed by atoms with Crippen molar-refractivity contribution >= 4 is 39.1 Å². The second-order valence-corrected chi connectivity index (χ2v) is 5.68. The highest BCUT2D eigenvalue weighted by Crippen LogP contribution is 2.31. The highest BCUT2D eigenvalue weighted by Gasteiger charge is 2.22. The molecule has 20 heavy (non-hydrogen) atoms. The third-order valence-electron chi connectivity index (χ3n) is 3.45. The molecule has 4 nitrogen and oxygen atoms in total. The fraction of sp³-hybridized carbons (Fsp3) is 0.400. The van der Waals surface area contributed by atoms with Gasteiger partial charge in [-0.1, -0.05) is 13.0 Å². The molecule has 0 spiro atoms. The lowest BCUT2D eigenvalue weighted by Crippen LogP contribution is -2.22. The van der Waals surface area contributed by atoms with Crippen molar-refractivity contribution in [3.8, 4) is 0 Å². The Hall–Kier alpha value is -1.49. The third kappa shape index (κ3) is 3.15. The minimum absolute atomic E-state index is 0.224. The number of ether oxygens (including phenoxy) is 1. The molecular formula is C15H16BrNO3. The first-order valence-corrected chi connectivity index (χ1v) is 7.28. The average molecular weight is 338 g/mol. The van der Waals surface area contributed by atoms with E-state index >= 15 is 0 Å². The Labute approximate surface area is 126 Å². The van der Waals surface area contributed by atoms with Crippen molar-refractivity contribution in [3.63, 3.8) is 0 Å². The van der Waals surface area contributed by atoms with E-state index in [1.54, 1.807) is 12.1 Å². The van der Waals surface area contributed by atoms with Crippen molar-refractivity contribution in [2.45, 2.75) is 26.2 Å². The Balaban J connectivity index is 2.38. The molecule has 0 saturated heterocycles. The smallest absolute Gasteiger partial charge is 0.339 e. The quantitative estimate of drug-likeness (QED) is 0.773. The van der Waals surface area contributed by atoms with Gasteiger partial charge in [0, 0.05) is 18.6 Å². The Bertz CT molecular complexity index is 580. The van der Waals surface area contributed by atoms with Gasteiger partial charge < -0.3 is 4.74 Å². The standard InChI is InChI=1S/C15H16BrNO3/c1-9-6-7-10(18)8-13(9)17-12-5-3-4-11(14(12)16)15(19)20-2/h3-5,9H,6-8H2,1-2H3. The summed E-state index contributed by atoms with van der Waals surface area (Å²) in [6.45, 7) is 2.07. The van der Waals surface area contributed by atoms with Gasteiger partial charge in [0.2, 0.25) is 0 Å². The van der Waals surface area contributed by atoms with Gasteiger partial charge in [-0.25, -0.2) is 4.79 Å². The summed E-state index contributed by atoms with van der Waals surface area (Å²) < 4.78 is 5.33. The molecule has 0 bridgehead atoms. The molecule has 2 rings (SSSR count). The number of rotatable bonds is 2. The minimum atomic E-state index is -0.410. The molecule has 0 aliphatic heterocycles. The number of nitrogens with zero attached hydrogens (tertiary/aromatic N) is 1. The first-order valence-electron chi connectivity index (χ1n) is 6.49. The van der Waals surface area contributed by atoms with E-state index in [2.05, 4.69) is 27.8 Å². The van der Waals surface area contributed by atoms with E-state index in [1.807, 2.05) is 6.07 Å². The van der Waals surface area contributed by atoms with Gasteiger partial charge in [-0.3, -0.25) is 9.79 Å². The van der Waals surface area contributed by atoms with Gasteiger partial charge in [-0.2, -0.15) is 0 Å². The van der Waals surface area contributed by atoms with Gasteiger partial charge in [-0.05, 0) is 40.4 Å². The SMILES string of the molecule is COC(=O)c1cccc(N=C2CC(=O)CCC2C)c1Br. The lowest BCUT2D eigenvalue weighted by Gasteiger charge is -2.19. The summed E-state index contributed by atoms with van der Waals surface area (Å²) in [6, 6.07) is 5.25. The van der Waals surface area contributed by atoms with E-state index in [0.717, 1.165) is 12.1 Å². The number of halogens is 1. The van der Waals surface area contributed by atoms with Crippen molar-refractivity contribution in [2.24, 2.45) is 10.9 Å². The number of carbonyl (C=O) groups excluding carboxylic acids is 2. The second kappa shape index (κ2) is 6.31. The van der Waals surface area contributed by atoms with Crippen LogP contribution in [0.15, 0.2) is 27.7 Å². The Morgan fingerprint density at radius 2 is 2.20 bits per heavy atom. The van der Waals surface area contributed by atoms with Crippen LogP contribution in [0.2, 0.25) is 0 Å². The third-order valence-corrected chi connectivity index (χ3v) is 4.28. The predicted octanol–water partition coefficient (Wildman–Crippen LogP) is 3.70. The van der Waals surface area contributed by atoms with Gasteiger partial charge in [-0.15, -0.1) is 0 Å². The number of ketones is 1. The van der Waals surface area contributed by atoms with Crippen LogP contribution in [0, 0.1) is 5.92 Å². The van der Waals surface area contributed by atoms with E-state index in [9.17, 15) is 9.59 Å². The molecule has 1 aromatic carbocycles. The van der Waals surface area contributed by atoms with E-state index in [1.165, 1.54) is 7.11 Å². The molecule has 1 atom stereocenters. The number of hydrogen-bond acceptors (Lipinski definition) is 4. The highest BCUT2D eigenvalue weighted by molar-refractivity contribution is 9.10. The van der Waals surface area contributed by atoms with Gasteiger partial charge in [0.1, 0.15) is 5.78 Å². The monoisotopic (exact) mass is 337 g/mol. The summed E-state index contributed by atoms with van der Waals surface area (Å²) in [5.41, 5.74) is 1.97. The first-order chi connectivity index (χ1) is 9.52.